The Hall–Kier alpha value is -2.24. The van der Waals surface area contributed by atoms with E-state index >= 15 is 0 Å². The highest BCUT2D eigenvalue weighted by Gasteiger charge is 2.33. The van der Waals surface area contributed by atoms with Crippen LogP contribution in [0.5, 0.6) is 0 Å². The van der Waals surface area contributed by atoms with Crippen LogP contribution in [-0.2, 0) is 11.3 Å². The maximum absolute atomic E-state index is 12.6. The Morgan fingerprint density at radius 1 is 1.08 bits per heavy atom. The second kappa shape index (κ2) is 6.71. The molecule has 1 aliphatic carbocycles. The number of carbonyl (C=O) groups is 1. The number of tetrazole rings is 1. The SMILES string of the molecule is O=C(Cn1nnc(-c2ccccc2)n1)N1CC[C@H]2CCCC[C@@H]2C1. The third kappa shape index (κ3) is 3.18. The summed E-state index contributed by atoms with van der Waals surface area (Å²) in [6.07, 6.45) is 6.44. The van der Waals surface area contributed by atoms with Gasteiger partial charge in [-0.2, -0.15) is 4.80 Å². The number of carbonyl (C=O) groups excluding carboxylic acids is 1. The number of benzene rings is 1. The van der Waals surface area contributed by atoms with Crippen molar-refractivity contribution in [1.82, 2.24) is 25.1 Å². The monoisotopic (exact) mass is 325 g/mol. The lowest BCUT2D eigenvalue weighted by Crippen LogP contribution is -2.46. The average Bonchev–Trinajstić information content (AvgIpc) is 3.10. The summed E-state index contributed by atoms with van der Waals surface area (Å²) in [7, 11) is 0. The molecule has 0 unspecified atom stereocenters. The maximum Gasteiger partial charge on any atom is 0.246 e. The Morgan fingerprint density at radius 2 is 1.88 bits per heavy atom. The van der Waals surface area contributed by atoms with Crippen LogP contribution in [0.3, 0.4) is 0 Å². The predicted octanol–water partition coefficient (Wildman–Crippen LogP) is 2.38. The number of nitrogens with zero attached hydrogens (tertiary/aromatic N) is 5. The molecule has 1 aromatic carbocycles. The fraction of sp³-hybridized carbons (Fsp3) is 0.556. The Balaban J connectivity index is 1.39. The summed E-state index contributed by atoms with van der Waals surface area (Å²) in [5.41, 5.74) is 0.916. The first-order chi connectivity index (χ1) is 11.8. The van der Waals surface area contributed by atoms with Crippen molar-refractivity contribution in [2.45, 2.75) is 38.6 Å². The van der Waals surface area contributed by atoms with E-state index in [9.17, 15) is 4.79 Å². The van der Waals surface area contributed by atoms with E-state index in [1.165, 1.54) is 30.5 Å². The molecule has 0 N–H and O–H groups in total. The van der Waals surface area contributed by atoms with Crippen LogP contribution >= 0.6 is 0 Å². The molecule has 6 nitrogen and oxygen atoms in total. The minimum Gasteiger partial charge on any atom is -0.341 e. The van der Waals surface area contributed by atoms with Crippen LogP contribution in [0.4, 0.5) is 0 Å². The number of fused-ring (bicyclic) bond motifs is 1. The summed E-state index contributed by atoms with van der Waals surface area (Å²) in [6, 6.07) is 9.71. The normalized spacial score (nSPS) is 23.8. The fourth-order valence-electron chi connectivity index (χ4n) is 4.06. The van der Waals surface area contributed by atoms with Gasteiger partial charge in [0.25, 0.3) is 0 Å². The number of hydrogen-bond acceptors (Lipinski definition) is 4. The van der Waals surface area contributed by atoms with Gasteiger partial charge in [0.05, 0.1) is 0 Å². The summed E-state index contributed by atoms with van der Waals surface area (Å²) >= 11 is 0. The Labute approximate surface area is 141 Å². The molecule has 1 saturated heterocycles. The summed E-state index contributed by atoms with van der Waals surface area (Å²) in [5.74, 6) is 2.20. The lowest BCUT2D eigenvalue weighted by Gasteiger charge is -2.41. The summed E-state index contributed by atoms with van der Waals surface area (Å²) < 4.78 is 0. The number of piperidine rings is 1. The van der Waals surface area contributed by atoms with Crippen LogP contribution in [0.2, 0.25) is 0 Å². The number of rotatable bonds is 3. The highest BCUT2D eigenvalue weighted by Crippen LogP contribution is 2.36. The lowest BCUT2D eigenvalue weighted by molar-refractivity contribution is -0.135. The van der Waals surface area contributed by atoms with Gasteiger partial charge in [0.15, 0.2) is 0 Å². The van der Waals surface area contributed by atoms with E-state index in [0.717, 1.165) is 31.0 Å². The third-order valence-electron chi connectivity index (χ3n) is 5.41. The number of aromatic nitrogens is 4. The minimum atomic E-state index is 0.107. The van der Waals surface area contributed by atoms with Gasteiger partial charge < -0.3 is 4.90 Å². The van der Waals surface area contributed by atoms with E-state index in [0.29, 0.717) is 11.7 Å². The van der Waals surface area contributed by atoms with Gasteiger partial charge in [-0.05, 0) is 29.9 Å². The predicted molar refractivity (Wildman–Crippen MR) is 89.9 cm³/mol. The van der Waals surface area contributed by atoms with Crippen molar-refractivity contribution < 1.29 is 4.79 Å². The van der Waals surface area contributed by atoms with E-state index in [-0.39, 0.29) is 12.5 Å². The molecule has 6 heteroatoms. The van der Waals surface area contributed by atoms with Crippen LogP contribution < -0.4 is 0 Å². The van der Waals surface area contributed by atoms with Gasteiger partial charge in [-0.15, -0.1) is 10.2 Å². The first-order valence-corrected chi connectivity index (χ1v) is 8.90. The van der Waals surface area contributed by atoms with Crippen molar-refractivity contribution in [3.8, 4) is 11.4 Å². The van der Waals surface area contributed by atoms with Crippen LogP contribution in [-0.4, -0.2) is 44.1 Å². The zero-order valence-corrected chi connectivity index (χ0v) is 13.8. The smallest absolute Gasteiger partial charge is 0.246 e. The van der Waals surface area contributed by atoms with Crippen molar-refractivity contribution in [3.05, 3.63) is 30.3 Å². The summed E-state index contributed by atoms with van der Waals surface area (Å²) in [5, 5.41) is 12.4. The molecule has 2 fully saturated rings. The molecule has 2 aromatic rings. The van der Waals surface area contributed by atoms with Gasteiger partial charge in [0.1, 0.15) is 6.54 Å². The first-order valence-electron chi connectivity index (χ1n) is 8.90. The van der Waals surface area contributed by atoms with Crippen LogP contribution in [0.1, 0.15) is 32.1 Å². The summed E-state index contributed by atoms with van der Waals surface area (Å²) in [4.78, 5) is 16.0. The highest BCUT2D eigenvalue weighted by atomic mass is 16.2. The largest absolute Gasteiger partial charge is 0.341 e. The van der Waals surface area contributed by atoms with E-state index in [4.69, 9.17) is 0 Å². The molecule has 0 spiro atoms. The van der Waals surface area contributed by atoms with E-state index in [1.807, 2.05) is 35.2 Å². The molecule has 4 rings (SSSR count). The minimum absolute atomic E-state index is 0.107. The van der Waals surface area contributed by atoms with Crippen LogP contribution in [0, 0.1) is 11.8 Å². The second-order valence-corrected chi connectivity index (χ2v) is 6.94. The zero-order chi connectivity index (χ0) is 16.4. The quantitative estimate of drug-likeness (QED) is 0.869. The van der Waals surface area contributed by atoms with E-state index in [2.05, 4.69) is 15.4 Å². The number of likely N-dealkylation sites (tertiary alicyclic amines) is 1. The molecular formula is C18H23N5O. The average molecular weight is 325 g/mol. The molecule has 0 bridgehead atoms. The molecule has 2 heterocycles. The molecule has 24 heavy (non-hydrogen) atoms. The molecule has 126 valence electrons. The Morgan fingerprint density at radius 3 is 2.71 bits per heavy atom. The van der Waals surface area contributed by atoms with Crippen LogP contribution in [0.25, 0.3) is 11.4 Å². The van der Waals surface area contributed by atoms with Crippen molar-refractivity contribution in [2.24, 2.45) is 11.8 Å². The fourth-order valence-corrected chi connectivity index (χ4v) is 4.06. The number of hydrogen-bond donors (Lipinski definition) is 0. The number of amides is 1. The molecule has 2 atom stereocenters. The van der Waals surface area contributed by atoms with Crippen molar-refractivity contribution >= 4 is 5.91 Å². The lowest BCUT2D eigenvalue weighted by atomic mass is 9.75. The molecule has 1 amide bonds. The standard InChI is InChI=1S/C18H23N5O/c24-17(22-11-10-14-6-4-5-9-16(14)12-22)13-23-20-18(19-21-23)15-7-2-1-3-8-15/h1-3,7-8,14,16H,4-6,9-13H2/t14-,16-/m1/s1. The van der Waals surface area contributed by atoms with Gasteiger partial charge >= 0.3 is 0 Å². The zero-order valence-electron chi connectivity index (χ0n) is 13.8. The van der Waals surface area contributed by atoms with Crippen molar-refractivity contribution in [1.29, 1.82) is 0 Å². The third-order valence-corrected chi connectivity index (χ3v) is 5.41. The molecule has 0 radical (unpaired) electrons. The second-order valence-electron chi connectivity index (χ2n) is 6.94. The first kappa shape index (κ1) is 15.3. The summed E-state index contributed by atoms with van der Waals surface area (Å²) in [6.45, 7) is 1.96. The van der Waals surface area contributed by atoms with Gasteiger partial charge in [0.2, 0.25) is 11.7 Å². The van der Waals surface area contributed by atoms with Gasteiger partial charge in [-0.25, -0.2) is 0 Å². The Bertz CT molecular complexity index is 698. The highest BCUT2D eigenvalue weighted by molar-refractivity contribution is 5.76. The van der Waals surface area contributed by atoms with Gasteiger partial charge in [-0.3, -0.25) is 4.79 Å². The maximum atomic E-state index is 12.6. The molecule has 2 aliphatic rings. The van der Waals surface area contributed by atoms with E-state index in [1.54, 1.807) is 0 Å². The molecule has 1 saturated carbocycles. The topological polar surface area (TPSA) is 63.9 Å². The van der Waals surface area contributed by atoms with Gasteiger partial charge in [0, 0.05) is 18.7 Å². The van der Waals surface area contributed by atoms with Crippen molar-refractivity contribution in [3.63, 3.8) is 0 Å². The van der Waals surface area contributed by atoms with Gasteiger partial charge in [-0.1, -0.05) is 49.6 Å². The van der Waals surface area contributed by atoms with Crippen molar-refractivity contribution in [2.75, 3.05) is 13.1 Å². The Kier molecular flexibility index (Phi) is 4.28. The molecular weight excluding hydrogens is 302 g/mol. The molecule has 1 aliphatic heterocycles. The molecule has 1 aromatic heterocycles. The van der Waals surface area contributed by atoms with E-state index < -0.39 is 0 Å². The van der Waals surface area contributed by atoms with Crippen LogP contribution in [0.15, 0.2) is 30.3 Å².